The lowest BCUT2D eigenvalue weighted by Crippen LogP contribution is -2.36. The van der Waals surface area contributed by atoms with Gasteiger partial charge in [0.2, 0.25) is 0 Å². The summed E-state index contributed by atoms with van der Waals surface area (Å²) in [5, 5.41) is 12.1. The zero-order valence-corrected chi connectivity index (χ0v) is 8.91. The van der Waals surface area contributed by atoms with E-state index in [0.29, 0.717) is 0 Å². The van der Waals surface area contributed by atoms with Crippen LogP contribution in [0.15, 0.2) is 5.16 Å². The molecule has 0 saturated carbocycles. The minimum absolute atomic E-state index is 0.819. The molecule has 1 N–H and O–H groups in total. The SMILES string of the molecule is COCCCCN1CCCCC1=NO. The van der Waals surface area contributed by atoms with Gasteiger partial charge in [-0.05, 0) is 25.7 Å². The molecule has 4 nitrogen and oxygen atoms in total. The first-order valence-electron chi connectivity index (χ1n) is 5.33. The van der Waals surface area contributed by atoms with Gasteiger partial charge in [-0.25, -0.2) is 0 Å². The Morgan fingerprint density at radius 1 is 1.43 bits per heavy atom. The molecule has 4 heteroatoms. The van der Waals surface area contributed by atoms with Gasteiger partial charge in [-0.3, -0.25) is 0 Å². The van der Waals surface area contributed by atoms with Gasteiger partial charge in [0.15, 0.2) is 0 Å². The number of amidine groups is 1. The van der Waals surface area contributed by atoms with Crippen molar-refractivity contribution in [1.82, 2.24) is 4.90 Å². The second-order valence-corrected chi connectivity index (χ2v) is 3.66. The molecule has 0 bridgehead atoms. The smallest absolute Gasteiger partial charge is 0.144 e. The van der Waals surface area contributed by atoms with E-state index in [0.717, 1.165) is 51.2 Å². The normalized spacial score (nSPS) is 20.4. The molecule has 0 radical (unpaired) electrons. The fourth-order valence-corrected chi connectivity index (χ4v) is 1.78. The first kappa shape index (κ1) is 11.3. The van der Waals surface area contributed by atoms with Crippen LogP contribution < -0.4 is 0 Å². The highest BCUT2D eigenvalue weighted by Gasteiger charge is 2.15. The number of methoxy groups -OCH3 is 1. The zero-order chi connectivity index (χ0) is 10.2. The van der Waals surface area contributed by atoms with Crippen LogP contribution in [-0.2, 0) is 4.74 Å². The monoisotopic (exact) mass is 200 g/mol. The van der Waals surface area contributed by atoms with Gasteiger partial charge in [-0.1, -0.05) is 5.16 Å². The summed E-state index contributed by atoms with van der Waals surface area (Å²) >= 11 is 0. The average molecular weight is 200 g/mol. The van der Waals surface area contributed by atoms with Crippen LogP contribution in [0.2, 0.25) is 0 Å². The van der Waals surface area contributed by atoms with Crippen LogP contribution in [0.4, 0.5) is 0 Å². The maximum atomic E-state index is 8.79. The molecule has 0 aromatic carbocycles. The molecule has 0 aromatic rings. The van der Waals surface area contributed by atoms with E-state index in [-0.39, 0.29) is 0 Å². The van der Waals surface area contributed by atoms with E-state index in [4.69, 9.17) is 9.94 Å². The zero-order valence-electron chi connectivity index (χ0n) is 8.91. The Kier molecular flexibility index (Phi) is 5.37. The van der Waals surface area contributed by atoms with Gasteiger partial charge in [0, 0.05) is 33.2 Å². The minimum atomic E-state index is 0.819. The summed E-state index contributed by atoms with van der Waals surface area (Å²) in [6, 6.07) is 0. The summed E-state index contributed by atoms with van der Waals surface area (Å²) in [7, 11) is 1.72. The Labute approximate surface area is 85.5 Å². The van der Waals surface area contributed by atoms with Gasteiger partial charge in [0.1, 0.15) is 5.84 Å². The Morgan fingerprint density at radius 3 is 3.00 bits per heavy atom. The second kappa shape index (κ2) is 6.65. The summed E-state index contributed by atoms with van der Waals surface area (Å²) < 4.78 is 4.99. The number of rotatable bonds is 5. The van der Waals surface area contributed by atoms with Crippen molar-refractivity contribution >= 4 is 5.84 Å². The van der Waals surface area contributed by atoms with Crippen molar-refractivity contribution in [3.05, 3.63) is 0 Å². The van der Waals surface area contributed by atoms with E-state index in [1.165, 1.54) is 6.42 Å². The largest absolute Gasteiger partial charge is 0.409 e. The summed E-state index contributed by atoms with van der Waals surface area (Å²) in [6.07, 6.45) is 5.45. The quantitative estimate of drug-likeness (QED) is 0.417. The molecule has 1 rings (SSSR count). The highest BCUT2D eigenvalue weighted by Crippen LogP contribution is 2.12. The average Bonchev–Trinajstić information content (AvgIpc) is 2.25. The van der Waals surface area contributed by atoms with Crippen LogP contribution in [0, 0.1) is 0 Å². The molecule has 1 heterocycles. The van der Waals surface area contributed by atoms with Gasteiger partial charge < -0.3 is 14.8 Å². The van der Waals surface area contributed by atoms with Gasteiger partial charge >= 0.3 is 0 Å². The Bertz CT molecular complexity index is 183. The van der Waals surface area contributed by atoms with Crippen molar-refractivity contribution in [2.75, 3.05) is 26.8 Å². The Balaban J connectivity index is 2.20. The summed E-state index contributed by atoms with van der Waals surface area (Å²) in [4.78, 5) is 2.18. The highest BCUT2D eigenvalue weighted by atomic mass is 16.5. The lowest BCUT2D eigenvalue weighted by Gasteiger charge is -2.29. The molecule has 1 fully saturated rings. The molecule has 1 aliphatic rings. The Hall–Kier alpha value is -0.770. The summed E-state index contributed by atoms with van der Waals surface area (Å²) in [5.41, 5.74) is 0. The van der Waals surface area contributed by atoms with E-state index in [9.17, 15) is 0 Å². The molecule has 0 amide bonds. The van der Waals surface area contributed by atoms with E-state index in [1.54, 1.807) is 7.11 Å². The third-order valence-electron chi connectivity index (χ3n) is 2.59. The van der Waals surface area contributed by atoms with E-state index < -0.39 is 0 Å². The van der Waals surface area contributed by atoms with Gasteiger partial charge in [-0.2, -0.15) is 0 Å². The number of likely N-dealkylation sites (tertiary alicyclic amines) is 1. The van der Waals surface area contributed by atoms with Crippen molar-refractivity contribution in [3.63, 3.8) is 0 Å². The van der Waals surface area contributed by atoms with Crippen molar-refractivity contribution in [3.8, 4) is 0 Å². The second-order valence-electron chi connectivity index (χ2n) is 3.66. The number of hydrogen-bond acceptors (Lipinski definition) is 3. The third-order valence-corrected chi connectivity index (χ3v) is 2.59. The molecule has 0 aliphatic carbocycles. The van der Waals surface area contributed by atoms with Gasteiger partial charge in [-0.15, -0.1) is 0 Å². The molecular weight excluding hydrogens is 180 g/mol. The number of nitrogens with zero attached hydrogens (tertiary/aromatic N) is 2. The van der Waals surface area contributed by atoms with Crippen LogP contribution in [0.25, 0.3) is 0 Å². The van der Waals surface area contributed by atoms with Crippen molar-refractivity contribution in [1.29, 1.82) is 0 Å². The molecule has 82 valence electrons. The predicted octanol–water partition coefficient (Wildman–Crippen LogP) is 1.69. The van der Waals surface area contributed by atoms with Gasteiger partial charge in [0.05, 0.1) is 0 Å². The standard InChI is InChI=1S/C10H20N2O2/c1-14-9-5-4-8-12-7-3-2-6-10(12)11-13/h13H,2-9H2,1H3. The first-order valence-corrected chi connectivity index (χ1v) is 5.33. The maximum Gasteiger partial charge on any atom is 0.144 e. The first-order chi connectivity index (χ1) is 6.88. The lowest BCUT2D eigenvalue weighted by atomic mass is 10.1. The molecular formula is C10H20N2O2. The highest BCUT2D eigenvalue weighted by molar-refractivity contribution is 5.82. The van der Waals surface area contributed by atoms with Crippen LogP contribution in [0.5, 0.6) is 0 Å². The fourth-order valence-electron chi connectivity index (χ4n) is 1.78. The topological polar surface area (TPSA) is 45.1 Å². The van der Waals surface area contributed by atoms with Crippen molar-refractivity contribution in [2.45, 2.75) is 32.1 Å². The predicted molar refractivity (Wildman–Crippen MR) is 55.8 cm³/mol. The van der Waals surface area contributed by atoms with Crippen LogP contribution in [0.3, 0.4) is 0 Å². The van der Waals surface area contributed by atoms with Gasteiger partial charge in [0.25, 0.3) is 0 Å². The minimum Gasteiger partial charge on any atom is -0.409 e. The lowest BCUT2D eigenvalue weighted by molar-refractivity contribution is 0.188. The number of piperidine rings is 1. The van der Waals surface area contributed by atoms with E-state index in [2.05, 4.69) is 10.1 Å². The summed E-state index contributed by atoms with van der Waals surface area (Å²) in [6.45, 7) is 2.84. The van der Waals surface area contributed by atoms with Crippen molar-refractivity contribution in [2.24, 2.45) is 5.16 Å². The third kappa shape index (κ3) is 3.54. The molecule has 0 atom stereocenters. The van der Waals surface area contributed by atoms with E-state index >= 15 is 0 Å². The fraction of sp³-hybridized carbons (Fsp3) is 0.900. The number of oxime groups is 1. The summed E-state index contributed by atoms with van der Waals surface area (Å²) in [5.74, 6) is 0.855. The van der Waals surface area contributed by atoms with Crippen LogP contribution >= 0.6 is 0 Å². The Morgan fingerprint density at radius 2 is 2.29 bits per heavy atom. The van der Waals surface area contributed by atoms with E-state index in [1.807, 2.05) is 0 Å². The van der Waals surface area contributed by atoms with Crippen LogP contribution in [0.1, 0.15) is 32.1 Å². The maximum absolute atomic E-state index is 8.79. The molecule has 1 aliphatic heterocycles. The molecule has 1 saturated heterocycles. The number of hydrogen-bond donors (Lipinski definition) is 1. The van der Waals surface area contributed by atoms with Crippen LogP contribution in [-0.4, -0.2) is 42.7 Å². The molecule has 0 spiro atoms. The molecule has 0 unspecified atom stereocenters. The van der Waals surface area contributed by atoms with Crippen molar-refractivity contribution < 1.29 is 9.94 Å². The molecule has 14 heavy (non-hydrogen) atoms. The number of unbranched alkanes of at least 4 members (excludes halogenated alkanes) is 1. The molecule has 0 aromatic heterocycles. The number of ether oxygens (including phenoxy) is 1.